The number of nitrogens with one attached hydrogen (secondary N) is 1. The number of anilines is 3. The summed E-state index contributed by atoms with van der Waals surface area (Å²) in [4.78, 5) is 6.66. The van der Waals surface area contributed by atoms with Crippen molar-refractivity contribution >= 4 is 17.2 Å². The topological polar surface area (TPSA) is 54.2 Å². The molecule has 0 fully saturated rings. The molecule has 1 aromatic heterocycles. The van der Waals surface area contributed by atoms with E-state index >= 15 is 0 Å². The van der Waals surface area contributed by atoms with Crippen LogP contribution in [0, 0.1) is 13.8 Å². The van der Waals surface area contributed by atoms with Gasteiger partial charge in [-0.05, 0) is 55.8 Å². The summed E-state index contributed by atoms with van der Waals surface area (Å²) in [7, 11) is 2.07. The highest BCUT2D eigenvalue weighted by atomic mass is 15.1. The molecule has 0 saturated heterocycles. The smallest absolute Gasteiger partial charge is 0.126 e. The number of hydrogen-bond donors (Lipinski definition) is 2. The fourth-order valence-electron chi connectivity index (χ4n) is 2.14. The fourth-order valence-corrected chi connectivity index (χ4v) is 2.14. The van der Waals surface area contributed by atoms with E-state index in [1.54, 1.807) is 0 Å². The van der Waals surface area contributed by atoms with E-state index in [9.17, 15) is 0 Å². The molecule has 0 bridgehead atoms. The average molecular weight is 270 g/mol. The molecule has 0 unspecified atom stereocenters. The van der Waals surface area contributed by atoms with Crippen molar-refractivity contribution in [2.75, 3.05) is 36.1 Å². The van der Waals surface area contributed by atoms with Crippen LogP contribution >= 0.6 is 0 Å². The second kappa shape index (κ2) is 6.28. The Bertz CT molecular complexity index is 543. The summed E-state index contributed by atoms with van der Waals surface area (Å²) in [5.41, 5.74) is 9.91. The summed E-state index contributed by atoms with van der Waals surface area (Å²) in [6, 6.07) is 12.0. The minimum atomic E-state index is 0.791. The molecule has 0 spiro atoms. The van der Waals surface area contributed by atoms with Gasteiger partial charge in [-0.25, -0.2) is 4.98 Å². The van der Waals surface area contributed by atoms with E-state index in [0.29, 0.717) is 0 Å². The molecule has 0 radical (unpaired) electrons. The zero-order valence-corrected chi connectivity index (χ0v) is 12.4. The largest absolute Gasteiger partial charge is 0.399 e. The second-order valence-electron chi connectivity index (χ2n) is 5.11. The van der Waals surface area contributed by atoms with Gasteiger partial charge in [-0.3, -0.25) is 0 Å². The Labute approximate surface area is 120 Å². The molecule has 0 aliphatic rings. The lowest BCUT2D eigenvalue weighted by atomic mass is 10.2. The Kier molecular flexibility index (Phi) is 4.45. The van der Waals surface area contributed by atoms with Gasteiger partial charge in [0, 0.05) is 37.2 Å². The first kappa shape index (κ1) is 14.2. The van der Waals surface area contributed by atoms with Crippen molar-refractivity contribution in [3.8, 4) is 0 Å². The minimum absolute atomic E-state index is 0.791. The Morgan fingerprint density at radius 1 is 1.15 bits per heavy atom. The monoisotopic (exact) mass is 270 g/mol. The van der Waals surface area contributed by atoms with Crippen molar-refractivity contribution in [2.24, 2.45) is 0 Å². The number of nitrogen functional groups attached to an aromatic ring is 1. The Morgan fingerprint density at radius 3 is 2.50 bits per heavy atom. The van der Waals surface area contributed by atoms with Gasteiger partial charge in [0.2, 0.25) is 0 Å². The third-order valence-corrected chi connectivity index (χ3v) is 3.18. The van der Waals surface area contributed by atoms with Crippen LogP contribution in [-0.4, -0.2) is 25.1 Å². The van der Waals surface area contributed by atoms with Crippen LogP contribution in [0.3, 0.4) is 0 Å². The molecule has 1 heterocycles. The maximum Gasteiger partial charge on any atom is 0.126 e. The Morgan fingerprint density at radius 2 is 1.85 bits per heavy atom. The summed E-state index contributed by atoms with van der Waals surface area (Å²) < 4.78 is 0. The molecule has 0 amide bonds. The summed E-state index contributed by atoms with van der Waals surface area (Å²) in [5.74, 6) is 0.938. The third-order valence-electron chi connectivity index (χ3n) is 3.18. The first-order valence-electron chi connectivity index (χ1n) is 6.80. The SMILES string of the molecule is Cc1cc(C)nc(NCCN(C)c2ccc(N)cc2)c1. The van der Waals surface area contributed by atoms with Crippen LogP contribution in [0.25, 0.3) is 0 Å². The first-order valence-corrected chi connectivity index (χ1v) is 6.80. The van der Waals surface area contributed by atoms with Gasteiger partial charge < -0.3 is 16.0 Å². The molecule has 3 N–H and O–H groups in total. The molecule has 4 heteroatoms. The lowest BCUT2D eigenvalue weighted by Crippen LogP contribution is -2.25. The van der Waals surface area contributed by atoms with Gasteiger partial charge >= 0.3 is 0 Å². The third kappa shape index (κ3) is 3.88. The zero-order chi connectivity index (χ0) is 14.5. The van der Waals surface area contributed by atoms with Crippen LogP contribution in [0.15, 0.2) is 36.4 Å². The van der Waals surface area contributed by atoms with Gasteiger partial charge in [-0.1, -0.05) is 0 Å². The number of nitrogens with zero attached hydrogens (tertiary/aromatic N) is 2. The molecule has 20 heavy (non-hydrogen) atoms. The number of pyridine rings is 1. The lowest BCUT2D eigenvalue weighted by Gasteiger charge is -2.20. The van der Waals surface area contributed by atoms with Crippen LogP contribution in [0.5, 0.6) is 0 Å². The van der Waals surface area contributed by atoms with Gasteiger partial charge in [-0.15, -0.1) is 0 Å². The molecule has 0 saturated carbocycles. The van der Waals surface area contributed by atoms with Crippen molar-refractivity contribution in [1.29, 1.82) is 0 Å². The van der Waals surface area contributed by atoms with Crippen molar-refractivity contribution < 1.29 is 0 Å². The van der Waals surface area contributed by atoms with Crippen LogP contribution in [0.4, 0.5) is 17.2 Å². The fraction of sp³-hybridized carbons (Fsp3) is 0.312. The van der Waals surface area contributed by atoms with E-state index in [-0.39, 0.29) is 0 Å². The Balaban J connectivity index is 1.87. The molecular weight excluding hydrogens is 248 g/mol. The van der Waals surface area contributed by atoms with E-state index in [0.717, 1.165) is 36.0 Å². The van der Waals surface area contributed by atoms with Crippen LogP contribution < -0.4 is 16.0 Å². The van der Waals surface area contributed by atoms with Gasteiger partial charge in [0.05, 0.1) is 0 Å². The summed E-state index contributed by atoms with van der Waals surface area (Å²) >= 11 is 0. The average Bonchev–Trinajstić information content (AvgIpc) is 2.38. The summed E-state index contributed by atoms with van der Waals surface area (Å²) in [6.45, 7) is 5.84. The molecule has 1 aromatic carbocycles. The maximum absolute atomic E-state index is 5.69. The number of benzene rings is 1. The molecular formula is C16H22N4. The molecule has 0 atom stereocenters. The number of hydrogen-bond acceptors (Lipinski definition) is 4. The van der Waals surface area contributed by atoms with Crippen LogP contribution in [0.2, 0.25) is 0 Å². The van der Waals surface area contributed by atoms with Crippen molar-refractivity contribution in [1.82, 2.24) is 4.98 Å². The maximum atomic E-state index is 5.69. The van der Waals surface area contributed by atoms with Crippen molar-refractivity contribution in [3.63, 3.8) is 0 Å². The number of likely N-dealkylation sites (N-methyl/N-ethyl adjacent to an activating group) is 1. The predicted molar refractivity (Wildman–Crippen MR) is 86.3 cm³/mol. The number of nitrogens with two attached hydrogens (primary N) is 1. The van der Waals surface area contributed by atoms with E-state index in [2.05, 4.69) is 41.3 Å². The quantitative estimate of drug-likeness (QED) is 0.820. The predicted octanol–water partition coefficient (Wildman–Crippen LogP) is 2.83. The van der Waals surface area contributed by atoms with Crippen LogP contribution in [-0.2, 0) is 0 Å². The summed E-state index contributed by atoms with van der Waals surface area (Å²) in [5, 5.41) is 3.36. The highest BCUT2D eigenvalue weighted by Gasteiger charge is 2.01. The molecule has 4 nitrogen and oxygen atoms in total. The molecule has 0 aliphatic heterocycles. The van der Waals surface area contributed by atoms with Crippen molar-refractivity contribution in [3.05, 3.63) is 47.7 Å². The second-order valence-corrected chi connectivity index (χ2v) is 5.11. The van der Waals surface area contributed by atoms with Gasteiger partial charge in [0.15, 0.2) is 0 Å². The van der Waals surface area contributed by atoms with E-state index in [1.165, 1.54) is 5.56 Å². The Hall–Kier alpha value is -2.23. The molecule has 0 aliphatic carbocycles. The molecule has 106 valence electrons. The van der Waals surface area contributed by atoms with E-state index < -0.39 is 0 Å². The molecule has 2 aromatic rings. The van der Waals surface area contributed by atoms with E-state index in [1.807, 2.05) is 31.2 Å². The van der Waals surface area contributed by atoms with Crippen LogP contribution in [0.1, 0.15) is 11.3 Å². The highest BCUT2D eigenvalue weighted by Crippen LogP contribution is 2.14. The number of aryl methyl sites for hydroxylation is 2. The normalized spacial score (nSPS) is 10.3. The van der Waals surface area contributed by atoms with Gasteiger partial charge in [-0.2, -0.15) is 0 Å². The van der Waals surface area contributed by atoms with E-state index in [4.69, 9.17) is 5.73 Å². The first-order chi connectivity index (χ1) is 9.54. The minimum Gasteiger partial charge on any atom is -0.399 e. The van der Waals surface area contributed by atoms with Gasteiger partial charge in [0.25, 0.3) is 0 Å². The van der Waals surface area contributed by atoms with Crippen molar-refractivity contribution in [2.45, 2.75) is 13.8 Å². The number of rotatable bonds is 5. The zero-order valence-electron chi connectivity index (χ0n) is 12.4. The summed E-state index contributed by atoms with van der Waals surface area (Å²) in [6.07, 6.45) is 0. The standard InChI is InChI=1S/C16H22N4/c1-12-10-13(2)19-16(11-12)18-8-9-20(3)15-6-4-14(17)5-7-15/h4-7,10-11H,8-9,17H2,1-3H3,(H,18,19). The highest BCUT2D eigenvalue weighted by molar-refractivity contribution is 5.52. The number of aromatic nitrogens is 1. The lowest BCUT2D eigenvalue weighted by molar-refractivity contribution is 0.908. The van der Waals surface area contributed by atoms with Gasteiger partial charge in [0.1, 0.15) is 5.82 Å². The molecule has 2 rings (SSSR count).